The third-order valence-electron chi connectivity index (χ3n) is 4.04. The third-order valence-corrected chi connectivity index (χ3v) is 4.04. The van der Waals surface area contributed by atoms with Gasteiger partial charge in [0.2, 0.25) is 5.75 Å². The highest BCUT2D eigenvalue weighted by Gasteiger charge is 2.14. The highest BCUT2D eigenvalue weighted by atomic mass is 16.5. The van der Waals surface area contributed by atoms with Crippen molar-refractivity contribution in [2.75, 3.05) is 26.8 Å². The Morgan fingerprint density at radius 1 is 0.962 bits per heavy atom. The molecule has 0 unspecified atom stereocenters. The summed E-state index contributed by atoms with van der Waals surface area (Å²) >= 11 is 0. The van der Waals surface area contributed by atoms with E-state index in [1.807, 2.05) is 30.3 Å². The molecule has 0 aliphatic carbocycles. The van der Waals surface area contributed by atoms with Gasteiger partial charge in [0.05, 0.1) is 33.1 Å². The van der Waals surface area contributed by atoms with Crippen LogP contribution in [0.5, 0.6) is 17.2 Å². The first-order valence-corrected chi connectivity index (χ1v) is 8.12. The predicted octanol–water partition coefficient (Wildman–Crippen LogP) is 4.02. The minimum Gasteiger partial charge on any atom is -0.493 e. The Hall–Kier alpha value is -3.28. The zero-order valence-electron chi connectivity index (χ0n) is 15.2. The molecule has 0 saturated heterocycles. The average molecular weight is 351 g/mol. The van der Waals surface area contributed by atoms with Gasteiger partial charge in [-0.05, 0) is 36.8 Å². The monoisotopic (exact) mass is 351 g/mol. The number of nitrogens with one attached hydrogen (secondary N) is 1. The van der Waals surface area contributed by atoms with Gasteiger partial charge in [-0.25, -0.2) is 4.98 Å². The molecular weight excluding hydrogens is 330 g/mol. The molecule has 0 radical (unpaired) electrons. The quantitative estimate of drug-likeness (QED) is 0.537. The first kappa shape index (κ1) is 17.5. The number of benzene rings is 2. The van der Waals surface area contributed by atoms with E-state index in [0.29, 0.717) is 23.1 Å². The second kappa shape index (κ2) is 7.74. The minimum atomic E-state index is 0.527. The number of methoxy groups -OCH3 is 3. The van der Waals surface area contributed by atoms with Gasteiger partial charge < -0.3 is 14.2 Å². The maximum absolute atomic E-state index is 5.45. The Morgan fingerprint density at radius 2 is 1.73 bits per heavy atom. The zero-order chi connectivity index (χ0) is 18.5. The molecule has 1 aromatic heterocycles. The normalized spacial score (nSPS) is 10.9. The molecule has 0 atom stereocenters. The van der Waals surface area contributed by atoms with Crippen molar-refractivity contribution in [1.82, 2.24) is 4.98 Å². The van der Waals surface area contributed by atoms with Gasteiger partial charge in [-0.3, -0.25) is 5.43 Å². The van der Waals surface area contributed by atoms with Gasteiger partial charge in [-0.1, -0.05) is 18.2 Å². The smallest absolute Gasteiger partial charge is 0.203 e. The van der Waals surface area contributed by atoms with Crippen LogP contribution >= 0.6 is 0 Å². The first-order chi connectivity index (χ1) is 12.7. The molecule has 6 heteroatoms. The summed E-state index contributed by atoms with van der Waals surface area (Å²) in [7, 11) is 4.73. The topological polar surface area (TPSA) is 65.0 Å². The van der Waals surface area contributed by atoms with Gasteiger partial charge in [0.1, 0.15) is 5.82 Å². The molecule has 0 amide bonds. The maximum atomic E-state index is 5.45. The number of rotatable bonds is 6. The van der Waals surface area contributed by atoms with Crippen molar-refractivity contribution in [3.8, 4) is 17.2 Å². The summed E-state index contributed by atoms with van der Waals surface area (Å²) in [5.41, 5.74) is 5.79. The van der Waals surface area contributed by atoms with E-state index in [1.54, 1.807) is 33.6 Å². The van der Waals surface area contributed by atoms with Gasteiger partial charge in [-0.15, -0.1) is 0 Å². The minimum absolute atomic E-state index is 0.527. The summed E-state index contributed by atoms with van der Waals surface area (Å²) in [6.07, 6.45) is 1.66. The summed E-state index contributed by atoms with van der Waals surface area (Å²) in [6, 6.07) is 13.6. The second-order valence-electron chi connectivity index (χ2n) is 5.64. The van der Waals surface area contributed by atoms with E-state index in [0.717, 1.165) is 22.0 Å². The van der Waals surface area contributed by atoms with Crippen molar-refractivity contribution < 1.29 is 14.2 Å². The van der Waals surface area contributed by atoms with Gasteiger partial charge in [0.15, 0.2) is 11.5 Å². The number of hydrazone groups is 1. The Labute approximate surface area is 152 Å². The largest absolute Gasteiger partial charge is 0.493 e. The van der Waals surface area contributed by atoms with Crippen LogP contribution in [0, 0.1) is 6.92 Å². The second-order valence-corrected chi connectivity index (χ2v) is 5.64. The van der Waals surface area contributed by atoms with Crippen LogP contribution in [0.4, 0.5) is 5.82 Å². The van der Waals surface area contributed by atoms with Gasteiger partial charge in [-0.2, -0.15) is 5.10 Å². The number of aromatic nitrogens is 1. The van der Waals surface area contributed by atoms with Crippen molar-refractivity contribution in [3.63, 3.8) is 0 Å². The van der Waals surface area contributed by atoms with Crippen molar-refractivity contribution >= 4 is 22.9 Å². The summed E-state index contributed by atoms with van der Waals surface area (Å²) in [5, 5.41) is 5.41. The van der Waals surface area contributed by atoms with Crippen molar-refractivity contribution in [2.24, 2.45) is 5.10 Å². The molecule has 0 saturated carbocycles. The van der Waals surface area contributed by atoms with Crippen LogP contribution in [0.3, 0.4) is 0 Å². The van der Waals surface area contributed by atoms with E-state index in [-0.39, 0.29) is 0 Å². The van der Waals surface area contributed by atoms with E-state index >= 15 is 0 Å². The summed E-state index contributed by atoms with van der Waals surface area (Å²) in [6.45, 7) is 2.05. The molecule has 0 aliphatic rings. The summed E-state index contributed by atoms with van der Waals surface area (Å²) < 4.78 is 16.1. The fraction of sp³-hybridized carbons (Fsp3) is 0.200. The molecule has 1 N–H and O–H groups in total. The van der Waals surface area contributed by atoms with E-state index in [9.17, 15) is 0 Å². The lowest BCUT2D eigenvalue weighted by Crippen LogP contribution is -2.00. The molecule has 3 aromatic rings. The fourth-order valence-electron chi connectivity index (χ4n) is 2.80. The lowest BCUT2D eigenvalue weighted by Gasteiger charge is -2.13. The number of hydrogen-bond acceptors (Lipinski definition) is 6. The Morgan fingerprint density at radius 3 is 2.46 bits per heavy atom. The number of para-hydroxylation sites is 1. The predicted molar refractivity (Wildman–Crippen MR) is 104 cm³/mol. The number of aryl methyl sites for hydroxylation is 1. The van der Waals surface area contributed by atoms with Crippen LogP contribution in [-0.4, -0.2) is 32.5 Å². The van der Waals surface area contributed by atoms with Gasteiger partial charge in [0, 0.05) is 10.9 Å². The number of pyridine rings is 1. The number of fused-ring (bicyclic) bond motifs is 1. The van der Waals surface area contributed by atoms with Crippen molar-refractivity contribution in [1.29, 1.82) is 0 Å². The van der Waals surface area contributed by atoms with E-state index in [1.165, 1.54) is 0 Å². The molecule has 134 valence electrons. The molecular formula is C20H21N3O3. The van der Waals surface area contributed by atoms with Gasteiger partial charge in [0.25, 0.3) is 0 Å². The average Bonchev–Trinajstić information content (AvgIpc) is 2.67. The van der Waals surface area contributed by atoms with E-state index < -0.39 is 0 Å². The van der Waals surface area contributed by atoms with Crippen LogP contribution < -0.4 is 19.6 Å². The van der Waals surface area contributed by atoms with Crippen LogP contribution in [0.25, 0.3) is 10.9 Å². The lowest BCUT2D eigenvalue weighted by atomic mass is 10.1. The van der Waals surface area contributed by atoms with Crippen molar-refractivity contribution in [3.05, 3.63) is 53.6 Å². The highest BCUT2D eigenvalue weighted by molar-refractivity contribution is 5.87. The zero-order valence-corrected chi connectivity index (χ0v) is 15.2. The molecule has 0 aliphatic heterocycles. The Bertz CT molecular complexity index is 954. The van der Waals surface area contributed by atoms with Crippen LogP contribution in [0.1, 0.15) is 11.1 Å². The molecule has 2 aromatic carbocycles. The van der Waals surface area contributed by atoms with Crippen LogP contribution in [-0.2, 0) is 0 Å². The number of anilines is 1. The SMILES string of the molecule is COc1ccc(/C=N\Nc2cc(C)c3ccccc3n2)c(OC)c1OC. The number of nitrogens with zero attached hydrogens (tertiary/aromatic N) is 2. The molecule has 26 heavy (non-hydrogen) atoms. The Kier molecular flexibility index (Phi) is 5.22. The Balaban J connectivity index is 1.87. The number of ether oxygens (including phenoxy) is 3. The summed E-state index contributed by atoms with van der Waals surface area (Å²) in [5.74, 6) is 2.36. The number of hydrogen-bond donors (Lipinski definition) is 1. The fourth-order valence-corrected chi connectivity index (χ4v) is 2.80. The standard InChI is InChI=1S/C20H21N3O3/c1-13-11-18(22-16-8-6-5-7-15(13)16)23-21-12-14-9-10-17(24-2)20(26-4)19(14)25-3/h5-12H,1-4H3,(H,22,23)/b21-12-. The maximum Gasteiger partial charge on any atom is 0.203 e. The van der Waals surface area contributed by atoms with Crippen LogP contribution in [0.15, 0.2) is 47.6 Å². The third kappa shape index (κ3) is 3.39. The molecule has 0 fully saturated rings. The molecule has 1 heterocycles. The van der Waals surface area contributed by atoms with E-state index in [4.69, 9.17) is 14.2 Å². The van der Waals surface area contributed by atoms with Crippen LogP contribution in [0.2, 0.25) is 0 Å². The summed E-state index contributed by atoms with van der Waals surface area (Å²) in [4.78, 5) is 4.57. The lowest BCUT2D eigenvalue weighted by molar-refractivity contribution is 0.324. The highest BCUT2D eigenvalue weighted by Crippen LogP contribution is 2.39. The van der Waals surface area contributed by atoms with E-state index in [2.05, 4.69) is 28.5 Å². The van der Waals surface area contributed by atoms with Crippen molar-refractivity contribution in [2.45, 2.75) is 6.92 Å². The molecule has 0 spiro atoms. The first-order valence-electron chi connectivity index (χ1n) is 8.12. The molecule has 3 rings (SSSR count). The van der Waals surface area contributed by atoms with Gasteiger partial charge >= 0.3 is 0 Å². The molecule has 0 bridgehead atoms. The molecule has 6 nitrogen and oxygen atoms in total.